The number of benzene rings is 6. The Kier molecular flexibility index (Phi) is 99.8. The van der Waals surface area contributed by atoms with E-state index in [1.807, 2.05) is 589 Å². The molecule has 0 saturated heterocycles. The number of carboxylic acid groups (broad SMARTS) is 1. The lowest BCUT2D eigenvalue weighted by Gasteiger charge is -2.11. The summed E-state index contributed by atoms with van der Waals surface area (Å²) in [5.74, 6) is -0.00471. The minimum absolute atomic E-state index is 0. The van der Waals surface area contributed by atoms with Crippen molar-refractivity contribution in [2.75, 3.05) is 7.11 Å². The van der Waals surface area contributed by atoms with E-state index in [1.54, 1.807) is 202 Å². The first-order chi connectivity index (χ1) is 66.8. The molecule has 6 aromatic carbocycles. The fraction of sp³-hybridized carbons (Fsp3) is 0.0870. The lowest BCUT2D eigenvalue weighted by Crippen LogP contribution is -2.12. The molecule has 8 nitrogen and oxygen atoms in total. The van der Waals surface area contributed by atoms with Crippen LogP contribution in [0.15, 0.2) is 133 Å². The van der Waals surface area contributed by atoms with E-state index in [0.717, 1.165) is 16.6 Å². The highest BCUT2D eigenvalue weighted by atomic mass is 35.5. The Balaban J connectivity index is 0.000000440. The third kappa shape index (κ3) is 71.2. The molecular weight excluding hydrogens is 3360 g/mol. The Morgan fingerprint density at radius 1 is 0.255 bits per heavy atom. The van der Waals surface area contributed by atoms with E-state index in [1.165, 1.54) is 24.9 Å². The summed E-state index contributed by atoms with van der Waals surface area (Å²) >= 11 is 46.0. The van der Waals surface area contributed by atoms with Gasteiger partial charge >= 0.3 is 11.9 Å². The van der Waals surface area contributed by atoms with Crippen molar-refractivity contribution in [2.45, 2.75) is 20.5 Å². The molecule has 0 fully saturated rings. The predicted molar refractivity (Wildman–Crippen MR) is 810 cm³/mol. The van der Waals surface area contributed by atoms with Gasteiger partial charge in [-0.15, -0.1) is 0 Å². The van der Waals surface area contributed by atoms with Gasteiger partial charge in [-0.2, -0.15) is 0 Å². The number of esters is 1. The zero-order valence-electron chi connectivity index (χ0n) is 62.2. The summed E-state index contributed by atoms with van der Waals surface area (Å²) in [4.78, 5) is 25.0. The van der Waals surface area contributed by atoms with E-state index < -0.39 is 11.9 Å². The van der Waals surface area contributed by atoms with Crippen molar-refractivity contribution in [3.63, 3.8) is 0 Å². The number of aromatic nitrogens is 2. The monoisotopic (exact) mass is 3380 g/mol. The van der Waals surface area contributed by atoms with Crippen molar-refractivity contribution in [3.8, 4) is 23.0 Å². The maximum absolute atomic E-state index is 12.8. The van der Waals surface area contributed by atoms with Crippen molar-refractivity contribution in [1.82, 2.24) is 9.13 Å². The van der Waals surface area contributed by atoms with Gasteiger partial charge < -0.3 is 28.5 Å². The van der Waals surface area contributed by atoms with Crippen LogP contribution >= 0.6 is 69.6 Å². The molecule has 0 saturated carbocycles. The number of hydrogen-bond acceptors (Lipinski definition) is 7. The van der Waals surface area contributed by atoms with Gasteiger partial charge in [0.05, 0.1) is 18.1 Å². The molecule has 8 rings (SSSR count). The zero-order chi connectivity index (χ0) is 96.8. The molecule has 91 heteroatoms. The van der Waals surface area contributed by atoms with E-state index in [4.69, 9.17) is 106 Å². The number of rotatable bonds is 10. The van der Waals surface area contributed by atoms with Gasteiger partial charge in [-0.05, 0) is 120 Å². The fourth-order valence-corrected chi connectivity index (χ4v) is 208. The summed E-state index contributed by atoms with van der Waals surface area (Å²) in [6.07, 6.45) is 0. The molecule has 0 unspecified atom stereocenters. The van der Waals surface area contributed by atoms with E-state index in [-0.39, 0.29) is 18.9 Å². The number of fused-ring (bicyclic) bond motifs is 2. The summed E-state index contributed by atoms with van der Waals surface area (Å²) in [5, 5.41) is 14.7. The molecule has 8 aromatic rings. The molecule has 2 heterocycles. The second-order valence-electron chi connectivity index (χ2n) is 18.1. The Labute approximate surface area is 1040 Å². The van der Waals surface area contributed by atoms with E-state index >= 15 is 0 Å². The molecule has 2 aromatic heterocycles. The molecule has 0 bridgehead atoms. The number of nitrogens with zero attached hydrogens (tertiary/aromatic N) is 2. The molecular formula is C46H34Cl6N2O6S77. The van der Waals surface area contributed by atoms with Crippen LogP contribution in [0.3, 0.4) is 0 Å². The standard InChI is InChI=1S/C23H16Cl3NO3.C22H14Cl3NO3.CH4.S77/c1-29-23(28)21-22(30-18-9-6-16(25)7-10-18)19-12-17(26)8-11-20(19)27(21)13-14-2-4-15(24)5-3-14;23-14-3-1-13(2-4-14)12-26-19-10-7-16(25)11-18(19)21(20(26)22(27)28)29-17-8-5-15(24)6-9-17;;1-3-5-7-9-11-13-15-17-19-21-23-25-27-29-31-33-35-37-39-41-43-45-47-49-51-53-55-57-59-61-63-65-67-69-71-73-75-77-76-74-72-70-68-66-64-62-60-58-56-54-52-50-48-46-44-42-40-38-36-34-32-30-28-26-24-22-20-18-16-14-12-10-8-6-4-2/h2-12H,13H2,1H3;1-11H,12H2,(H,27,28);1H4;. The van der Waals surface area contributed by atoms with Crippen LogP contribution in [0.25, 0.3) is 21.8 Å². The van der Waals surface area contributed by atoms with Crippen LogP contribution in [0, 0.1) is 0 Å². The molecule has 1 N–H and O–H groups in total. The number of ether oxygens (including phenoxy) is 3. The van der Waals surface area contributed by atoms with Crippen LogP contribution < -0.4 is 9.47 Å². The quantitative estimate of drug-likeness (QED) is 0.135. The normalized spacial score (nSPS) is 9.13. The highest BCUT2D eigenvalue weighted by molar-refractivity contribution is 8.85. The first-order valence-corrected chi connectivity index (χ1v) is 134. The van der Waals surface area contributed by atoms with E-state index in [2.05, 4.69) is 0 Å². The molecule has 137 heavy (non-hydrogen) atoms. The second kappa shape index (κ2) is 98.4. The Bertz CT molecular complexity index is 9450. The first kappa shape index (κ1) is 139. The van der Waals surface area contributed by atoms with Gasteiger partial charge in [0.15, 0.2) is 22.9 Å². The highest BCUT2D eigenvalue weighted by Gasteiger charge is 2.27. The van der Waals surface area contributed by atoms with Crippen LogP contribution in [-0.2, 0) is 706 Å². The molecule has 0 radical (unpaired) electrons. The average Bonchev–Trinajstić information content (AvgIpc) is 1.59. The van der Waals surface area contributed by atoms with Crippen molar-refractivity contribution < 1.29 is 28.9 Å². The first-order valence-electron chi connectivity index (χ1n) is 30.4. The zero-order valence-corrected chi connectivity index (χ0v) is 130. The number of methoxy groups -OCH3 is 1. The van der Waals surface area contributed by atoms with Crippen LogP contribution in [0.2, 0.25) is 30.1 Å². The van der Waals surface area contributed by atoms with Crippen molar-refractivity contribution in [1.29, 1.82) is 0 Å². The van der Waals surface area contributed by atoms with Gasteiger partial charge in [0.2, 0.25) is 0 Å². The smallest absolute Gasteiger partial charge is 0.358 e. The van der Waals surface area contributed by atoms with Crippen LogP contribution in [-0.4, -0.2) is 33.3 Å². The largest absolute Gasteiger partial charge is 0.476 e. The molecule has 0 atom stereocenters. The summed E-state index contributed by atoms with van der Waals surface area (Å²) < 4.78 is 20.8. The fourth-order valence-electron chi connectivity index (χ4n) is 7.25. The molecule has 768 valence electrons. The lowest BCUT2D eigenvalue weighted by atomic mass is 10.2. The third-order valence-electron chi connectivity index (χ3n) is 11.2. The van der Waals surface area contributed by atoms with Crippen molar-refractivity contribution >= 4 is 792 Å². The van der Waals surface area contributed by atoms with Crippen LogP contribution in [0.4, 0.5) is 0 Å². The number of carbonyl (C=O) groups excluding carboxylic acids is 1. The molecule has 0 amide bonds. The lowest BCUT2D eigenvalue weighted by molar-refractivity contribution is 0.0585. The van der Waals surface area contributed by atoms with Crippen molar-refractivity contribution in [3.05, 3.63) is 186 Å². The van der Waals surface area contributed by atoms with Crippen LogP contribution in [0.5, 0.6) is 23.0 Å². The van der Waals surface area contributed by atoms with Gasteiger partial charge in [0.25, 0.3) is 0 Å². The topological polar surface area (TPSA) is 91.9 Å². The van der Waals surface area contributed by atoms with Crippen LogP contribution in [0.1, 0.15) is 39.5 Å². The van der Waals surface area contributed by atoms with Gasteiger partial charge in [0, 0.05) is 742 Å². The molecule has 0 aliphatic carbocycles. The third-order valence-corrected chi connectivity index (χ3v) is 177. The van der Waals surface area contributed by atoms with E-state index in [9.17, 15) is 14.7 Å². The summed E-state index contributed by atoms with van der Waals surface area (Å²) in [6, 6.07) is 38.9. The maximum atomic E-state index is 12.8. The second-order valence-corrected chi connectivity index (χ2v) is 153. The van der Waals surface area contributed by atoms with Gasteiger partial charge in [-0.3, -0.25) is 0 Å². The number of halogens is 6. The Morgan fingerprint density at radius 2 is 0.423 bits per heavy atom. The maximum Gasteiger partial charge on any atom is 0.358 e. The van der Waals surface area contributed by atoms with Gasteiger partial charge in [-0.1, -0.05) is 101 Å². The number of hydrogen-bond donors (Lipinski definition) is 1. The van der Waals surface area contributed by atoms with Gasteiger partial charge in [0.1, 0.15) is 11.5 Å². The molecule has 0 aliphatic heterocycles. The Morgan fingerprint density at radius 3 is 0.606 bits per heavy atom. The number of aromatic carboxylic acids is 1. The molecule has 0 aliphatic rings. The minimum Gasteiger partial charge on any atom is -0.476 e. The van der Waals surface area contributed by atoms with E-state index in [0.29, 0.717) is 82.5 Å². The average molecular weight is 3390 g/mol. The highest BCUT2D eigenvalue weighted by Crippen LogP contribution is 2.41. The predicted octanol–water partition coefficient (Wildman–Crippen LogP) is 14.8. The number of carbonyl (C=O) groups is 2. The number of carboxylic acids is 1. The molecule has 0 spiro atoms. The summed E-state index contributed by atoms with van der Waals surface area (Å²) in [6.45, 7) is 0.755. The van der Waals surface area contributed by atoms with Crippen molar-refractivity contribution in [2.24, 2.45) is 0 Å². The SMILES string of the molecule is C.COC(=O)c1c(Oc2ccc(Cl)cc2)c2cc(Cl)ccc2n1Cc1ccc(Cl)cc1.O=C(O)c1c(Oc2ccc(Cl)cc2)c2cc(Cl)ccc2n1Cc1ccc(Cl)cc1.S=S=S=S=S=S=S=S=S=S=S=S=S=S=S=S=S=S=S=S=S=S=S=S=S=S=S=S=S=S=S=S=S=S=S=S=S=S=S=S=S=S=S=S=S=S=S=S=S=S=S=S=S=S=S=S=S=S=S=S=S=S=S=S=S=S=S=S=S=S=S=S=S=S=S=S=S. The summed E-state index contributed by atoms with van der Waals surface area (Å²) in [7, 11) is 137. The minimum atomic E-state index is -1.10. The Hall–Kier alpha value is 11.6. The summed E-state index contributed by atoms with van der Waals surface area (Å²) in [5.41, 5.74) is 3.69. The van der Waals surface area contributed by atoms with Gasteiger partial charge in [-0.25, -0.2) is 9.59 Å².